The number of alkyl halides is 3. The molecule has 0 atom stereocenters. The fourth-order valence-electron chi connectivity index (χ4n) is 5.18. The quantitative estimate of drug-likeness (QED) is 0.220. The average Bonchev–Trinajstić information content (AvgIpc) is 3.38. The van der Waals surface area contributed by atoms with Crippen LogP contribution in [0.25, 0.3) is 22.0 Å². The Labute approximate surface area is 230 Å². The summed E-state index contributed by atoms with van der Waals surface area (Å²) < 4.78 is 48.0. The zero-order valence-corrected chi connectivity index (χ0v) is 21.8. The van der Waals surface area contributed by atoms with E-state index in [1.54, 1.807) is 12.3 Å². The minimum Gasteiger partial charge on any atom is -0.457 e. The third-order valence-corrected chi connectivity index (χ3v) is 7.03. The normalized spacial score (nSPS) is 13.5. The number of para-hydroxylation sites is 1. The van der Waals surface area contributed by atoms with E-state index >= 15 is 0 Å². The molecule has 0 unspecified atom stereocenters. The predicted molar refractivity (Wildman–Crippen MR) is 152 cm³/mol. The third kappa shape index (κ3) is 5.15. The summed E-state index contributed by atoms with van der Waals surface area (Å²) in [7, 11) is 2.01. The van der Waals surface area contributed by atoms with Gasteiger partial charge in [0, 0.05) is 30.7 Å². The lowest BCUT2D eigenvalue weighted by Crippen LogP contribution is -2.23. The van der Waals surface area contributed by atoms with Crippen LogP contribution in [-0.2, 0) is 12.6 Å². The summed E-state index contributed by atoms with van der Waals surface area (Å²) >= 11 is 0. The summed E-state index contributed by atoms with van der Waals surface area (Å²) in [6.45, 7) is 1.64. The second-order valence-electron chi connectivity index (χ2n) is 9.80. The predicted octanol–water partition coefficient (Wildman–Crippen LogP) is 8.00. The molecule has 1 aromatic heterocycles. The van der Waals surface area contributed by atoms with Gasteiger partial charge in [-0.25, -0.2) is 0 Å². The van der Waals surface area contributed by atoms with Gasteiger partial charge in [0.25, 0.3) is 0 Å². The Morgan fingerprint density at radius 1 is 0.825 bits per heavy atom. The van der Waals surface area contributed by atoms with Crippen LogP contribution in [0.15, 0.2) is 108 Å². The van der Waals surface area contributed by atoms with Gasteiger partial charge in [0.1, 0.15) is 17.3 Å². The maximum atomic E-state index is 13.9. The molecule has 0 spiro atoms. The summed E-state index contributed by atoms with van der Waals surface area (Å²) in [5.41, 5.74) is 3.50. The Hall–Kier alpha value is -4.65. The minimum absolute atomic E-state index is 0.0673. The van der Waals surface area contributed by atoms with Crippen molar-refractivity contribution in [2.24, 2.45) is 4.99 Å². The first-order valence-electron chi connectivity index (χ1n) is 13.0. The number of rotatable bonds is 6. The zero-order valence-electron chi connectivity index (χ0n) is 21.8. The van der Waals surface area contributed by atoms with Crippen molar-refractivity contribution in [3.05, 3.63) is 126 Å². The standard InChI is InChI=1S/C33H26F3N3O/c1-39-17-16-37-32(39)24-11-6-13-27(20-24)40-26-12-5-10-23(19-26)30-25(18-22-8-3-2-4-9-22)21-38-31-28(30)14-7-15-29(31)33(34,35)36/h2-15,19-21H,16-18H2,1H3. The third-order valence-electron chi connectivity index (χ3n) is 7.03. The van der Waals surface area contributed by atoms with E-state index in [-0.39, 0.29) is 5.52 Å². The Morgan fingerprint density at radius 3 is 2.23 bits per heavy atom. The monoisotopic (exact) mass is 537 g/mol. The molecule has 7 heteroatoms. The van der Waals surface area contributed by atoms with E-state index in [1.165, 1.54) is 6.07 Å². The number of benzene rings is 4. The van der Waals surface area contributed by atoms with Crippen LogP contribution < -0.4 is 4.74 Å². The van der Waals surface area contributed by atoms with Crippen molar-refractivity contribution in [2.75, 3.05) is 20.1 Å². The maximum absolute atomic E-state index is 13.9. The molecule has 5 aromatic rings. The number of amidine groups is 1. The van der Waals surface area contributed by atoms with Gasteiger partial charge in [-0.2, -0.15) is 13.2 Å². The number of halogens is 3. The van der Waals surface area contributed by atoms with Gasteiger partial charge in [-0.15, -0.1) is 0 Å². The molecule has 1 aliphatic rings. The Balaban J connectivity index is 1.43. The number of aromatic nitrogens is 1. The fraction of sp³-hybridized carbons (Fsp3) is 0.152. The van der Waals surface area contributed by atoms with Crippen LogP contribution in [0.2, 0.25) is 0 Å². The summed E-state index contributed by atoms with van der Waals surface area (Å²) in [6, 6.07) is 29.3. The van der Waals surface area contributed by atoms with Gasteiger partial charge >= 0.3 is 6.18 Å². The molecule has 0 N–H and O–H groups in total. The number of likely N-dealkylation sites (N-methyl/N-ethyl adjacent to an activating group) is 1. The molecule has 4 nitrogen and oxygen atoms in total. The van der Waals surface area contributed by atoms with E-state index in [9.17, 15) is 13.2 Å². The van der Waals surface area contributed by atoms with Gasteiger partial charge in [-0.05, 0) is 59.0 Å². The number of fused-ring (bicyclic) bond motifs is 1. The molecule has 0 fully saturated rings. The van der Waals surface area contributed by atoms with Crippen molar-refractivity contribution in [2.45, 2.75) is 12.6 Å². The molecule has 1 aliphatic heterocycles. The second-order valence-corrected chi connectivity index (χ2v) is 9.80. The second kappa shape index (κ2) is 10.5. The number of ether oxygens (including phenoxy) is 1. The van der Waals surface area contributed by atoms with E-state index in [0.29, 0.717) is 28.9 Å². The number of hydrogen-bond acceptors (Lipinski definition) is 4. The van der Waals surface area contributed by atoms with Crippen LogP contribution in [0.5, 0.6) is 11.5 Å². The van der Waals surface area contributed by atoms with Crippen molar-refractivity contribution >= 4 is 16.7 Å². The summed E-state index contributed by atoms with van der Waals surface area (Å²) in [5, 5.41) is 0.449. The molecule has 0 bridgehead atoms. The Bertz CT molecular complexity index is 1710. The van der Waals surface area contributed by atoms with E-state index < -0.39 is 11.7 Å². The van der Waals surface area contributed by atoms with Gasteiger partial charge in [0.2, 0.25) is 0 Å². The van der Waals surface area contributed by atoms with Crippen LogP contribution in [0.1, 0.15) is 22.3 Å². The number of aliphatic imine (C=N–C) groups is 1. The minimum atomic E-state index is -4.52. The van der Waals surface area contributed by atoms with Crippen LogP contribution >= 0.6 is 0 Å². The molecule has 0 saturated heterocycles. The Kier molecular flexibility index (Phi) is 6.72. The first-order valence-corrected chi connectivity index (χ1v) is 13.0. The van der Waals surface area contributed by atoms with Gasteiger partial charge in [-0.3, -0.25) is 9.98 Å². The number of nitrogens with zero attached hydrogens (tertiary/aromatic N) is 3. The fourth-order valence-corrected chi connectivity index (χ4v) is 5.18. The molecule has 0 radical (unpaired) electrons. The molecule has 2 heterocycles. The highest BCUT2D eigenvalue weighted by Gasteiger charge is 2.33. The van der Waals surface area contributed by atoms with Crippen molar-refractivity contribution in [1.82, 2.24) is 9.88 Å². The lowest BCUT2D eigenvalue weighted by atomic mass is 9.92. The van der Waals surface area contributed by atoms with Gasteiger partial charge in [-0.1, -0.05) is 66.7 Å². The highest BCUT2D eigenvalue weighted by molar-refractivity contribution is 6.00. The summed E-state index contributed by atoms with van der Waals surface area (Å²) in [4.78, 5) is 11.0. The highest BCUT2D eigenvalue weighted by atomic mass is 19.4. The van der Waals surface area contributed by atoms with Crippen molar-refractivity contribution in [3.8, 4) is 22.6 Å². The van der Waals surface area contributed by atoms with E-state index in [2.05, 4.69) is 14.9 Å². The number of pyridine rings is 1. The van der Waals surface area contributed by atoms with Gasteiger partial charge in [0.15, 0.2) is 0 Å². The van der Waals surface area contributed by atoms with Crippen molar-refractivity contribution < 1.29 is 17.9 Å². The molecule has 0 amide bonds. The van der Waals surface area contributed by atoms with Crippen LogP contribution in [0, 0.1) is 0 Å². The smallest absolute Gasteiger partial charge is 0.418 e. The molecule has 40 heavy (non-hydrogen) atoms. The number of hydrogen-bond donors (Lipinski definition) is 0. The van der Waals surface area contributed by atoms with E-state index in [0.717, 1.165) is 47.2 Å². The molecule has 4 aromatic carbocycles. The summed E-state index contributed by atoms with van der Waals surface area (Å²) in [6.07, 6.45) is -2.42. The van der Waals surface area contributed by atoms with E-state index in [1.807, 2.05) is 85.9 Å². The summed E-state index contributed by atoms with van der Waals surface area (Å²) in [5.74, 6) is 2.16. The topological polar surface area (TPSA) is 37.7 Å². The van der Waals surface area contributed by atoms with Crippen molar-refractivity contribution in [3.63, 3.8) is 0 Å². The lowest BCUT2D eigenvalue weighted by Gasteiger charge is -2.17. The largest absolute Gasteiger partial charge is 0.457 e. The molecule has 200 valence electrons. The van der Waals surface area contributed by atoms with Gasteiger partial charge < -0.3 is 9.64 Å². The van der Waals surface area contributed by atoms with Crippen LogP contribution in [-0.4, -0.2) is 35.9 Å². The molecule has 0 aliphatic carbocycles. The lowest BCUT2D eigenvalue weighted by molar-refractivity contribution is -0.136. The average molecular weight is 538 g/mol. The molecule has 0 saturated carbocycles. The molecule has 6 rings (SSSR count). The molecular weight excluding hydrogens is 511 g/mol. The van der Waals surface area contributed by atoms with Crippen LogP contribution in [0.3, 0.4) is 0 Å². The highest BCUT2D eigenvalue weighted by Crippen LogP contribution is 2.40. The van der Waals surface area contributed by atoms with Gasteiger partial charge in [0.05, 0.1) is 17.6 Å². The Morgan fingerprint density at radius 2 is 1.52 bits per heavy atom. The molecular formula is C33H26F3N3O. The first-order chi connectivity index (χ1) is 19.4. The van der Waals surface area contributed by atoms with Crippen LogP contribution in [0.4, 0.5) is 13.2 Å². The maximum Gasteiger partial charge on any atom is 0.418 e. The SMILES string of the molecule is CN1CCN=C1c1cccc(Oc2cccc(-c3c(Cc4ccccc4)cnc4c(C(F)(F)F)cccc34)c2)c1. The van der Waals surface area contributed by atoms with Crippen molar-refractivity contribution in [1.29, 1.82) is 0 Å². The first kappa shape index (κ1) is 25.6. The zero-order chi connectivity index (χ0) is 27.7. The van der Waals surface area contributed by atoms with E-state index in [4.69, 9.17) is 4.74 Å².